The molecule has 2 aromatic rings. The van der Waals surface area contributed by atoms with Crippen LogP contribution in [0.2, 0.25) is 0 Å². The summed E-state index contributed by atoms with van der Waals surface area (Å²) in [6, 6.07) is 18.9. The van der Waals surface area contributed by atoms with Gasteiger partial charge < -0.3 is 5.11 Å². The highest BCUT2D eigenvalue weighted by atomic mass is 32.2. The van der Waals surface area contributed by atoms with Gasteiger partial charge >= 0.3 is 0 Å². The Morgan fingerprint density at radius 3 is 2.11 bits per heavy atom. The number of piperazine rings is 1. The van der Waals surface area contributed by atoms with E-state index in [1.54, 1.807) is 28.6 Å². The van der Waals surface area contributed by atoms with E-state index in [9.17, 15) is 13.5 Å². The largest absolute Gasteiger partial charge is 0.390 e. The molecular formula is C21H27N3O3S. The van der Waals surface area contributed by atoms with Crippen LogP contribution in [0.25, 0.3) is 0 Å². The van der Waals surface area contributed by atoms with Crippen LogP contribution >= 0.6 is 0 Å². The smallest absolute Gasteiger partial charge is 0.243 e. The molecule has 0 radical (unpaired) electrons. The lowest BCUT2D eigenvalue weighted by atomic mass is 10.1. The summed E-state index contributed by atoms with van der Waals surface area (Å²) in [6.07, 6.45) is -0.402. The SMILES string of the molecule is O=S(=O)(c1ccccc1)N1CCN([C@H]2CN(Cc3ccccc3)CC2O)CC1. The highest BCUT2D eigenvalue weighted by Gasteiger charge is 2.38. The summed E-state index contributed by atoms with van der Waals surface area (Å²) < 4.78 is 27.1. The molecule has 2 atom stereocenters. The molecule has 0 amide bonds. The standard InChI is InChI=1S/C21H27N3O3S/c25-21-17-22(15-18-7-3-1-4-8-18)16-20(21)23-11-13-24(14-12-23)28(26,27)19-9-5-2-6-10-19/h1-10,20-21,25H,11-17H2/t20-,21?/m0/s1. The molecule has 2 saturated heterocycles. The van der Waals surface area contributed by atoms with Gasteiger partial charge in [-0.3, -0.25) is 9.80 Å². The molecule has 2 aliphatic heterocycles. The summed E-state index contributed by atoms with van der Waals surface area (Å²) >= 11 is 0. The van der Waals surface area contributed by atoms with Crippen LogP contribution < -0.4 is 0 Å². The minimum atomic E-state index is -3.44. The van der Waals surface area contributed by atoms with E-state index in [1.165, 1.54) is 5.56 Å². The number of nitrogens with zero attached hydrogens (tertiary/aromatic N) is 3. The molecule has 1 N–H and O–H groups in total. The maximum atomic E-state index is 12.8. The normalized spacial score (nSPS) is 25.2. The zero-order valence-corrected chi connectivity index (χ0v) is 16.7. The van der Waals surface area contributed by atoms with Crippen molar-refractivity contribution < 1.29 is 13.5 Å². The fraction of sp³-hybridized carbons (Fsp3) is 0.429. The molecule has 0 aromatic heterocycles. The van der Waals surface area contributed by atoms with Crippen LogP contribution in [-0.4, -0.2) is 79.0 Å². The Hall–Kier alpha value is -1.77. The van der Waals surface area contributed by atoms with Crippen molar-refractivity contribution in [2.24, 2.45) is 0 Å². The minimum Gasteiger partial charge on any atom is -0.390 e. The summed E-state index contributed by atoms with van der Waals surface area (Å²) in [5.41, 5.74) is 1.24. The predicted octanol–water partition coefficient (Wildman–Crippen LogP) is 1.24. The second kappa shape index (κ2) is 8.31. The van der Waals surface area contributed by atoms with Crippen molar-refractivity contribution in [2.75, 3.05) is 39.3 Å². The lowest BCUT2D eigenvalue weighted by Crippen LogP contribution is -2.54. The monoisotopic (exact) mass is 401 g/mol. The maximum Gasteiger partial charge on any atom is 0.243 e. The Bertz CT molecular complexity index is 868. The molecule has 2 aromatic carbocycles. The van der Waals surface area contributed by atoms with Crippen molar-refractivity contribution in [3.8, 4) is 0 Å². The van der Waals surface area contributed by atoms with E-state index in [4.69, 9.17) is 0 Å². The number of aliphatic hydroxyl groups is 1. The van der Waals surface area contributed by atoms with Gasteiger partial charge in [0.15, 0.2) is 0 Å². The maximum absolute atomic E-state index is 12.8. The Balaban J connectivity index is 1.35. The average molecular weight is 402 g/mol. The molecule has 0 aliphatic carbocycles. The number of hydrogen-bond donors (Lipinski definition) is 1. The third-order valence-corrected chi connectivity index (χ3v) is 7.62. The van der Waals surface area contributed by atoms with Crippen LogP contribution in [0.15, 0.2) is 65.6 Å². The van der Waals surface area contributed by atoms with Crippen LogP contribution in [0.4, 0.5) is 0 Å². The molecule has 0 saturated carbocycles. The quantitative estimate of drug-likeness (QED) is 0.817. The first-order valence-electron chi connectivity index (χ1n) is 9.77. The lowest BCUT2D eigenvalue weighted by molar-refractivity contribution is 0.0618. The average Bonchev–Trinajstić information content (AvgIpc) is 3.09. The topological polar surface area (TPSA) is 64.1 Å². The van der Waals surface area contributed by atoms with Gasteiger partial charge in [0.2, 0.25) is 10.0 Å². The van der Waals surface area contributed by atoms with Gasteiger partial charge in [0, 0.05) is 51.9 Å². The van der Waals surface area contributed by atoms with Gasteiger partial charge in [-0.2, -0.15) is 4.31 Å². The summed E-state index contributed by atoms with van der Waals surface area (Å²) in [4.78, 5) is 4.86. The first kappa shape index (κ1) is 19.5. The number of benzene rings is 2. The molecule has 2 heterocycles. The summed E-state index contributed by atoms with van der Waals surface area (Å²) in [6.45, 7) is 4.50. The van der Waals surface area contributed by atoms with E-state index < -0.39 is 16.1 Å². The Labute approximate surface area is 167 Å². The first-order valence-corrected chi connectivity index (χ1v) is 11.2. The van der Waals surface area contributed by atoms with Gasteiger partial charge in [-0.05, 0) is 17.7 Å². The zero-order valence-electron chi connectivity index (χ0n) is 15.9. The van der Waals surface area contributed by atoms with Crippen LogP contribution in [0.5, 0.6) is 0 Å². The Morgan fingerprint density at radius 2 is 1.46 bits per heavy atom. The van der Waals surface area contributed by atoms with Crippen LogP contribution in [0.3, 0.4) is 0 Å². The van der Waals surface area contributed by atoms with Crippen molar-refractivity contribution >= 4 is 10.0 Å². The van der Waals surface area contributed by atoms with Gasteiger partial charge in [0.05, 0.1) is 11.0 Å². The second-order valence-corrected chi connectivity index (χ2v) is 9.51. The molecule has 1 unspecified atom stereocenters. The van der Waals surface area contributed by atoms with Crippen molar-refractivity contribution in [2.45, 2.75) is 23.6 Å². The highest BCUT2D eigenvalue weighted by Crippen LogP contribution is 2.22. The predicted molar refractivity (Wildman–Crippen MR) is 108 cm³/mol. The van der Waals surface area contributed by atoms with Crippen LogP contribution in [0, 0.1) is 0 Å². The second-order valence-electron chi connectivity index (χ2n) is 7.57. The number of rotatable bonds is 5. The van der Waals surface area contributed by atoms with Crippen molar-refractivity contribution in [3.63, 3.8) is 0 Å². The molecule has 2 aliphatic rings. The number of likely N-dealkylation sites (tertiary alicyclic amines) is 1. The number of sulfonamides is 1. The van der Waals surface area contributed by atoms with Gasteiger partial charge in [0.1, 0.15) is 0 Å². The lowest BCUT2D eigenvalue weighted by Gasteiger charge is -2.38. The summed E-state index contributed by atoms with van der Waals surface area (Å²) in [7, 11) is -3.44. The van der Waals surface area contributed by atoms with Crippen LogP contribution in [-0.2, 0) is 16.6 Å². The Morgan fingerprint density at radius 1 is 0.857 bits per heavy atom. The van der Waals surface area contributed by atoms with Gasteiger partial charge in [0.25, 0.3) is 0 Å². The zero-order chi connectivity index (χ0) is 19.6. The van der Waals surface area contributed by atoms with E-state index in [-0.39, 0.29) is 6.04 Å². The summed E-state index contributed by atoms with van der Waals surface area (Å²) in [5.74, 6) is 0. The van der Waals surface area contributed by atoms with Gasteiger partial charge in [-0.15, -0.1) is 0 Å². The van der Waals surface area contributed by atoms with E-state index >= 15 is 0 Å². The molecular weight excluding hydrogens is 374 g/mol. The highest BCUT2D eigenvalue weighted by molar-refractivity contribution is 7.89. The van der Waals surface area contributed by atoms with Crippen molar-refractivity contribution in [1.29, 1.82) is 0 Å². The molecule has 4 rings (SSSR count). The molecule has 28 heavy (non-hydrogen) atoms. The van der Waals surface area contributed by atoms with E-state index in [0.29, 0.717) is 37.6 Å². The Kier molecular flexibility index (Phi) is 5.80. The van der Waals surface area contributed by atoms with Crippen molar-refractivity contribution in [1.82, 2.24) is 14.1 Å². The molecule has 0 spiro atoms. The fourth-order valence-electron chi connectivity index (χ4n) is 4.19. The number of β-amino-alcohol motifs (C(OH)–C–C–N with tert-alkyl or cyclic N) is 1. The minimum absolute atomic E-state index is 0.0605. The third-order valence-electron chi connectivity index (χ3n) is 5.71. The first-order chi connectivity index (χ1) is 13.5. The molecule has 150 valence electrons. The van der Waals surface area contributed by atoms with E-state index in [1.807, 2.05) is 24.3 Å². The molecule has 2 fully saturated rings. The fourth-order valence-corrected chi connectivity index (χ4v) is 5.64. The van der Waals surface area contributed by atoms with E-state index in [2.05, 4.69) is 21.9 Å². The molecule has 0 bridgehead atoms. The molecule has 7 heteroatoms. The third kappa shape index (κ3) is 4.14. The molecule has 6 nitrogen and oxygen atoms in total. The van der Waals surface area contributed by atoms with Gasteiger partial charge in [-0.25, -0.2) is 8.42 Å². The van der Waals surface area contributed by atoms with Crippen LogP contribution in [0.1, 0.15) is 5.56 Å². The van der Waals surface area contributed by atoms with Crippen molar-refractivity contribution in [3.05, 3.63) is 66.2 Å². The number of aliphatic hydroxyl groups excluding tert-OH is 1. The summed E-state index contributed by atoms with van der Waals surface area (Å²) in [5, 5.41) is 10.6. The van der Waals surface area contributed by atoms with E-state index in [0.717, 1.165) is 13.1 Å². The number of hydrogen-bond acceptors (Lipinski definition) is 5. The van der Waals surface area contributed by atoms with Gasteiger partial charge in [-0.1, -0.05) is 48.5 Å².